The van der Waals surface area contributed by atoms with Crippen molar-refractivity contribution in [1.82, 2.24) is 10.2 Å². The van der Waals surface area contributed by atoms with Gasteiger partial charge in [-0.25, -0.2) is 0 Å². The van der Waals surface area contributed by atoms with Gasteiger partial charge >= 0.3 is 0 Å². The van der Waals surface area contributed by atoms with Gasteiger partial charge in [0.05, 0.1) is 20.8 Å². The molecule has 1 saturated heterocycles. The molecule has 22 heavy (non-hydrogen) atoms. The molecule has 1 unspecified atom stereocenters. The van der Waals surface area contributed by atoms with Gasteiger partial charge in [-0.05, 0) is 50.9 Å². The molecule has 1 fully saturated rings. The number of carbonyl (C=O) groups is 1. The Bertz CT molecular complexity index is 517. The van der Waals surface area contributed by atoms with Crippen molar-refractivity contribution in [2.75, 3.05) is 27.3 Å². The monoisotopic (exact) mass is 306 g/mol. The Morgan fingerprint density at radius 2 is 2.05 bits per heavy atom. The van der Waals surface area contributed by atoms with Gasteiger partial charge in [0.1, 0.15) is 0 Å². The van der Waals surface area contributed by atoms with Gasteiger partial charge in [-0.2, -0.15) is 0 Å². The van der Waals surface area contributed by atoms with Crippen molar-refractivity contribution >= 4 is 5.91 Å². The zero-order chi connectivity index (χ0) is 16.1. The average Bonchev–Trinajstić information content (AvgIpc) is 2.93. The van der Waals surface area contributed by atoms with Crippen LogP contribution in [0.15, 0.2) is 18.2 Å². The number of likely N-dealkylation sites (tertiary alicyclic amines) is 1. The highest BCUT2D eigenvalue weighted by Gasteiger charge is 2.28. The van der Waals surface area contributed by atoms with Crippen molar-refractivity contribution in [3.8, 4) is 11.5 Å². The maximum absolute atomic E-state index is 12.0. The molecule has 5 nitrogen and oxygen atoms in total. The fraction of sp³-hybridized carbons (Fsp3) is 0.588. The van der Waals surface area contributed by atoms with Crippen LogP contribution in [0, 0.1) is 0 Å². The number of carbonyl (C=O) groups excluding carboxylic acids is 1. The summed E-state index contributed by atoms with van der Waals surface area (Å²) in [7, 11) is 3.28. The third kappa shape index (κ3) is 3.91. The molecule has 0 aromatic heterocycles. The number of amides is 1. The molecule has 0 bridgehead atoms. The molecule has 0 spiro atoms. The van der Waals surface area contributed by atoms with Crippen LogP contribution in [0.4, 0.5) is 0 Å². The number of ether oxygens (including phenoxy) is 2. The third-order valence-electron chi connectivity index (χ3n) is 3.95. The van der Waals surface area contributed by atoms with E-state index < -0.39 is 0 Å². The van der Waals surface area contributed by atoms with Gasteiger partial charge in [-0.15, -0.1) is 0 Å². The van der Waals surface area contributed by atoms with E-state index in [9.17, 15) is 4.79 Å². The molecule has 1 aromatic carbocycles. The highest BCUT2D eigenvalue weighted by atomic mass is 16.5. The van der Waals surface area contributed by atoms with Gasteiger partial charge in [-0.3, -0.25) is 9.69 Å². The van der Waals surface area contributed by atoms with Gasteiger partial charge in [-0.1, -0.05) is 6.07 Å². The number of nitrogens with zero attached hydrogens (tertiary/aromatic N) is 1. The van der Waals surface area contributed by atoms with E-state index in [-0.39, 0.29) is 18.0 Å². The Labute approximate surface area is 132 Å². The van der Waals surface area contributed by atoms with Crippen molar-refractivity contribution in [2.24, 2.45) is 0 Å². The van der Waals surface area contributed by atoms with Gasteiger partial charge in [0.2, 0.25) is 5.91 Å². The Kier molecular flexibility index (Phi) is 5.66. The van der Waals surface area contributed by atoms with Crippen molar-refractivity contribution in [3.63, 3.8) is 0 Å². The number of benzene rings is 1. The van der Waals surface area contributed by atoms with E-state index in [0.717, 1.165) is 30.9 Å². The number of nitrogens with one attached hydrogen (secondary N) is 1. The number of rotatable bonds is 6. The van der Waals surface area contributed by atoms with Crippen LogP contribution in [0.2, 0.25) is 0 Å². The van der Waals surface area contributed by atoms with Crippen molar-refractivity contribution in [1.29, 1.82) is 0 Å². The largest absolute Gasteiger partial charge is 0.493 e. The first-order chi connectivity index (χ1) is 10.5. The molecule has 0 saturated carbocycles. The quantitative estimate of drug-likeness (QED) is 0.876. The van der Waals surface area contributed by atoms with E-state index in [1.165, 1.54) is 5.56 Å². The minimum atomic E-state index is 0.0855. The predicted octanol–water partition coefficient (Wildman–Crippen LogP) is 2.37. The summed E-state index contributed by atoms with van der Waals surface area (Å²) in [4.78, 5) is 14.2. The maximum Gasteiger partial charge on any atom is 0.234 e. The second-order valence-corrected chi connectivity index (χ2v) is 5.97. The first kappa shape index (κ1) is 16.6. The molecule has 1 heterocycles. The molecule has 1 aromatic rings. The predicted molar refractivity (Wildman–Crippen MR) is 86.4 cm³/mol. The Balaban J connectivity index is 2.11. The molecule has 0 radical (unpaired) electrons. The van der Waals surface area contributed by atoms with Gasteiger partial charge < -0.3 is 14.8 Å². The van der Waals surface area contributed by atoms with Crippen molar-refractivity contribution in [2.45, 2.75) is 38.8 Å². The van der Waals surface area contributed by atoms with Crippen molar-refractivity contribution < 1.29 is 14.3 Å². The summed E-state index contributed by atoms with van der Waals surface area (Å²) in [5.74, 6) is 1.55. The standard InChI is InChI=1S/C17H26N2O3/c1-12(2)18-17(20)11-19-9-5-6-14(19)13-7-8-15(21-3)16(10-13)22-4/h7-8,10,12,14H,5-6,9,11H2,1-4H3,(H,18,20). The molecule has 122 valence electrons. The lowest BCUT2D eigenvalue weighted by molar-refractivity contribution is -0.122. The summed E-state index contributed by atoms with van der Waals surface area (Å²) in [6.45, 7) is 5.35. The minimum Gasteiger partial charge on any atom is -0.493 e. The zero-order valence-electron chi connectivity index (χ0n) is 13.9. The molecule has 1 atom stereocenters. The van der Waals surface area contributed by atoms with Gasteiger partial charge in [0, 0.05) is 12.1 Å². The summed E-state index contributed by atoms with van der Waals surface area (Å²) in [5.41, 5.74) is 1.17. The molecule has 1 N–H and O–H groups in total. The van der Waals surface area contributed by atoms with E-state index in [1.807, 2.05) is 26.0 Å². The molecule has 1 amide bonds. The minimum absolute atomic E-state index is 0.0855. The lowest BCUT2D eigenvalue weighted by atomic mass is 10.0. The Morgan fingerprint density at radius 3 is 2.68 bits per heavy atom. The Hall–Kier alpha value is -1.75. The molecule has 5 heteroatoms. The number of hydrogen-bond acceptors (Lipinski definition) is 4. The highest BCUT2D eigenvalue weighted by molar-refractivity contribution is 5.78. The second kappa shape index (κ2) is 7.49. The van der Waals surface area contributed by atoms with Crippen LogP contribution < -0.4 is 14.8 Å². The number of hydrogen-bond donors (Lipinski definition) is 1. The second-order valence-electron chi connectivity index (χ2n) is 5.97. The Morgan fingerprint density at radius 1 is 1.32 bits per heavy atom. The molecular weight excluding hydrogens is 280 g/mol. The van der Waals surface area contributed by atoms with Crippen LogP contribution in [0.5, 0.6) is 11.5 Å². The fourth-order valence-corrected chi connectivity index (χ4v) is 3.01. The normalized spacial score (nSPS) is 18.5. The molecule has 2 rings (SSSR count). The molecular formula is C17H26N2O3. The summed E-state index contributed by atoms with van der Waals surface area (Å²) in [6, 6.07) is 6.44. The summed E-state index contributed by atoms with van der Waals surface area (Å²) in [6.07, 6.45) is 2.17. The average molecular weight is 306 g/mol. The molecule has 0 aliphatic carbocycles. The number of methoxy groups -OCH3 is 2. The van der Waals surface area contributed by atoms with Crippen LogP contribution in [0.25, 0.3) is 0 Å². The van der Waals surface area contributed by atoms with Crippen molar-refractivity contribution in [3.05, 3.63) is 23.8 Å². The van der Waals surface area contributed by atoms with E-state index in [1.54, 1.807) is 14.2 Å². The van der Waals surface area contributed by atoms with Crippen LogP contribution in [0.3, 0.4) is 0 Å². The lowest BCUT2D eigenvalue weighted by Crippen LogP contribution is -2.39. The SMILES string of the molecule is COc1ccc(C2CCCN2CC(=O)NC(C)C)cc1OC. The first-order valence-corrected chi connectivity index (χ1v) is 7.80. The third-order valence-corrected chi connectivity index (χ3v) is 3.95. The smallest absolute Gasteiger partial charge is 0.234 e. The van der Waals surface area contributed by atoms with E-state index in [0.29, 0.717) is 6.54 Å². The topological polar surface area (TPSA) is 50.8 Å². The lowest BCUT2D eigenvalue weighted by Gasteiger charge is -2.25. The summed E-state index contributed by atoms with van der Waals surface area (Å²) >= 11 is 0. The summed E-state index contributed by atoms with van der Waals surface area (Å²) < 4.78 is 10.7. The fourth-order valence-electron chi connectivity index (χ4n) is 3.01. The zero-order valence-corrected chi connectivity index (χ0v) is 13.9. The van der Waals surface area contributed by atoms with Crippen LogP contribution >= 0.6 is 0 Å². The van der Waals surface area contributed by atoms with E-state index >= 15 is 0 Å². The van der Waals surface area contributed by atoms with Crippen LogP contribution in [0.1, 0.15) is 38.3 Å². The highest BCUT2D eigenvalue weighted by Crippen LogP contribution is 2.36. The maximum atomic E-state index is 12.0. The molecule has 1 aliphatic rings. The van der Waals surface area contributed by atoms with E-state index in [4.69, 9.17) is 9.47 Å². The first-order valence-electron chi connectivity index (χ1n) is 7.80. The van der Waals surface area contributed by atoms with Gasteiger partial charge in [0.15, 0.2) is 11.5 Å². The van der Waals surface area contributed by atoms with Gasteiger partial charge in [0.25, 0.3) is 0 Å². The van der Waals surface area contributed by atoms with Crippen LogP contribution in [-0.2, 0) is 4.79 Å². The van der Waals surface area contributed by atoms with Crippen LogP contribution in [-0.4, -0.2) is 44.2 Å². The molecule has 1 aliphatic heterocycles. The summed E-state index contributed by atoms with van der Waals surface area (Å²) in [5, 5.41) is 2.96. The van der Waals surface area contributed by atoms with E-state index in [2.05, 4.69) is 16.3 Å².